The van der Waals surface area contributed by atoms with E-state index in [9.17, 15) is 4.79 Å². The van der Waals surface area contributed by atoms with Gasteiger partial charge in [-0.05, 0) is 23.6 Å². The normalized spacial score (nSPS) is 15.3. The first kappa shape index (κ1) is 20.1. The van der Waals surface area contributed by atoms with Gasteiger partial charge in [-0.3, -0.25) is 14.6 Å². The Hall–Kier alpha value is -1.67. The van der Waals surface area contributed by atoms with Crippen LogP contribution in [0, 0.1) is 0 Å². The Balaban J connectivity index is 1.39. The number of aromatic nitrogens is 1. The summed E-state index contributed by atoms with van der Waals surface area (Å²) in [6, 6.07) is 8.24. The van der Waals surface area contributed by atoms with Gasteiger partial charge in [0.1, 0.15) is 0 Å². The molecule has 0 bridgehead atoms. The largest absolute Gasteiger partial charge is 0.379 e. The van der Waals surface area contributed by atoms with Gasteiger partial charge < -0.3 is 14.6 Å². The lowest BCUT2D eigenvalue weighted by Crippen LogP contribution is -2.43. The molecule has 2 aromatic rings. The van der Waals surface area contributed by atoms with E-state index in [-0.39, 0.29) is 5.91 Å². The van der Waals surface area contributed by atoms with Crippen molar-refractivity contribution in [1.29, 1.82) is 0 Å². The monoisotopic (exact) mass is 390 g/mol. The molecule has 1 saturated heterocycles. The summed E-state index contributed by atoms with van der Waals surface area (Å²) in [5.74, 6) is 0.118. The lowest BCUT2D eigenvalue weighted by Gasteiger charge is -2.30. The molecule has 0 unspecified atom stereocenters. The molecular weight excluding hydrogens is 360 g/mol. The summed E-state index contributed by atoms with van der Waals surface area (Å²) in [5, 5.41) is 5.19. The first-order chi connectivity index (χ1) is 13.3. The highest BCUT2D eigenvalue weighted by molar-refractivity contribution is 7.09. The second-order valence-electron chi connectivity index (χ2n) is 6.83. The average Bonchev–Trinajstić information content (AvgIpc) is 3.39. The molecule has 1 N–H and O–H groups in total. The molecule has 0 radical (unpaired) electrons. The number of ether oxygens (including phenoxy) is 1. The van der Waals surface area contributed by atoms with E-state index in [2.05, 4.69) is 32.6 Å². The van der Waals surface area contributed by atoms with Gasteiger partial charge in [-0.1, -0.05) is 6.07 Å². The average molecular weight is 391 g/mol. The Bertz CT molecular complexity index is 639. The van der Waals surface area contributed by atoms with Gasteiger partial charge in [0, 0.05) is 76.0 Å². The maximum absolute atomic E-state index is 12.1. The maximum Gasteiger partial charge on any atom is 0.221 e. The lowest BCUT2D eigenvalue weighted by molar-refractivity contribution is -0.121. The number of nitrogens with zero attached hydrogens (tertiary/aromatic N) is 3. The minimum atomic E-state index is 0.118. The van der Waals surface area contributed by atoms with Crippen molar-refractivity contribution in [2.75, 3.05) is 52.5 Å². The van der Waals surface area contributed by atoms with Crippen molar-refractivity contribution >= 4 is 17.2 Å². The van der Waals surface area contributed by atoms with E-state index in [0.29, 0.717) is 13.0 Å². The van der Waals surface area contributed by atoms with Crippen LogP contribution in [0.2, 0.25) is 0 Å². The third-order valence-corrected chi connectivity index (χ3v) is 5.67. The second kappa shape index (κ2) is 11.2. The number of hydrogen-bond donors (Lipinski definition) is 1. The molecule has 0 aromatic carbocycles. The molecule has 0 spiro atoms. The zero-order chi connectivity index (χ0) is 18.7. The number of carbonyl (C=O) groups excluding carboxylic acids is 1. The molecule has 6 nitrogen and oxygen atoms in total. The molecule has 1 fully saturated rings. The molecule has 27 heavy (non-hydrogen) atoms. The molecule has 0 aliphatic carbocycles. The molecule has 1 aliphatic rings. The molecule has 0 atom stereocenters. The number of carbonyl (C=O) groups is 1. The molecule has 3 rings (SSSR count). The molecule has 7 heteroatoms. The number of amides is 1. The van der Waals surface area contributed by atoms with Crippen molar-refractivity contribution in [1.82, 2.24) is 19.7 Å². The summed E-state index contributed by atoms with van der Waals surface area (Å²) in [7, 11) is 0. The fourth-order valence-electron chi connectivity index (χ4n) is 3.19. The van der Waals surface area contributed by atoms with Gasteiger partial charge in [0.2, 0.25) is 5.91 Å². The Kier molecular flexibility index (Phi) is 8.35. The Morgan fingerprint density at radius 1 is 1.15 bits per heavy atom. The van der Waals surface area contributed by atoms with Crippen molar-refractivity contribution < 1.29 is 9.53 Å². The first-order valence-corrected chi connectivity index (χ1v) is 10.6. The minimum absolute atomic E-state index is 0.118. The molecule has 148 valence electrons. The SMILES string of the molecule is O=C(CCn1cccc1)NCCN(CCN1CCOCC1)Cc1cccs1. The van der Waals surface area contributed by atoms with Crippen molar-refractivity contribution in [2.24, 2.45) is 0 Å². The Morgan fingerprint density at radius 3 is 2.70 bits per heavy atom. The van der Waals surface area contributed by atoms with E-state index in [1.807, 2.05) is 29.1 Å². The van der Waals surface area contributed by atoms with E-state index in [1.165, 1.54) is 4.88 Å². The number of rotatable bonds is 11. The van der Waals surface area contributed by atoms with Gasteiger partial charge in [0.25, 0.3) is 0 Å². The summed E-state index contributed by atoms with van der Waals surface area (Å²) in [5.41, 5.74) is 0. The Morgan fingerprint density at radius 2 is 1.96 bits per heavy atom. The van der Waals surface area contributed by atoms with E-state index in [0.717, 1.165) is 59.0 Å². The van der Waals surface area contributed by atoms with Crippen molar-refractivity contribution in [3.05, 3.63) is 46.9 Å². The van der Waals surface area contributed by atoms with Gasteiger partial charge >= 0.3 is 0 Å². The van der Waals surface area contributed by atoms with Crippen LogP contribution in [0.4, 0.5) is 0 Å². The minimum Gasteiger partial charge on any atom is -0.379 e. The third-order valence-electron chi connectivity index (χ3n) is 4.81. The molecule has 3 heterocycles. The van der Waals surface area contributed by atoms with Gasteiger partial charge in [0.15, 0.2) is 0 Å². The molecule has 1 amide bonds. The van der Waals surface area contributed by atoms with Crippen molar-refractivity contribution in [3.8, 4) is 0 Å². The van der Waals surface area contributed by atoms with Crippen molar-refractivity contribution in [2.45, 2.75) is 19.5 Å². The standard InChI is InChI=1S/C20H30N4O2S/c25-20(5-9-22-7-1-2-8-22)21-6-10-24(18-19-4-3-17-27-19)12-11-23-13-15-26-16-14-23/h1-4,7-8,17H,5-6,9-16,18H2,(H,21,25). The number of morpholine rings is 1. The van der Waals surface area contributed by atoms with Crippen LogP contribution in [0.5, 0.6) is 0 Å². The van der Waals surface area contributed by atoms with Gasteiger partial charge in [-0.2, -0.15) is 0 Å². The summed E-state index contributed by atoms with van der Waals surface area (Å²) in [6.45, 7) is 9.01. The highest BCUT2D eigenvalue weighted by atomic mass is 32.1. The zero-order valence-corrected chi connectivity index (χ0v) is 16.7. The maximum atomic E-state index is 12.1. The van der Waals surface area contributed by atoms with Crippen LogP contribution < -0.4 is 5.32 Å². The van der Waals surface area contributed by atoms with Crippen LogP contribution in [0.25, 0.3) is 0 Å². The first-order valence-electron chi connectivity index (χ1n) is 9.72. The highest BCUT2D eigenvalue weighted by Gasteiger charge is 2.13. The van der Waals surface area contributed by atoms with Crippen molar-refractivity contribution in [3.63, 3.8) is 0 Å². The van der Waals surface area contributed by atoms with E-state index in [4.69, 9.17) is 4.74 Å². The lowest BCUT2D eigenvalue weighted by atomic mass is 10.3. The second-order valence-corrected chi connectivity index (χ2v) is 7.86. The fourth-order valence-corrected chi connectivity index (χ4v) is 3.94. The molecule has 2 aromatic heterocycles. The molecule has 1 aliphatic heterocycles. The quantitative estimate of drug-likeness (QED) is 0.637. The summed E-state index contributed by atoms with van der Waals surface area (Å²) < 4.78 is 7.46. The van der Waals surface area contributed by atoms with Crippen LogP contribution >= 0.6 is 11.3 Å². The number of aryl methyl sites for hydroxylation is 1. The van der Waals surface area contributed by atoms with Gasteiger partial charge in [-0.25, -0.2) is 0 Å². The molecular formula is C20H30N4O2S. The van der Waals surface area contributed by atoms with E-state index >= 15 is 0 Å². The smallest absolute Gasteiger partial charge is 0.221 e. The van der Waals surface area contributed by atoms with E-state index in [1.54, 1.807) is 11.3 Å². The number of nitrogens with one attached hydrogen (secondary N) is 1. The number of hydrogen-bond acceptors (Lipinski definition) is 5. The summed E-state index contributed by atoms with van der Waals surface area (Å²) in [4.78, 5) is 18.3. The van der Waals surface area contributed by atoms with Crippen LogP contribution in [0.15, 0.2) is 42.0 Å². The van der Waals surface area contributed by atoms with Gasteiger partial charge in [0.05, 0.1) is 13.2 Å². The summed E-state index contributed by atoms with van der Waals surface area (Å²) in [6.07, 6.45) is 4.50. The number of thiophene rings is 1. The topological polar surface area (TPSA) is 49.7 Å². The predicted molar refractivity (Wildman–Crippen MR) is 109 cm³/mol. The van der Waals surface area contributed by atoms with Crippen LogP contribution in [-0.4, -0.2) is 72.8 Å². The van der Waals surface area contributed by atoms with E-state index < -0.39 is 0 Å². The predicted octanol–water partition coefficient (Wildman–Crippen LogP) is 1.89. The van der Waals surface area contributed by atoms with Crippen LogP contribution in [0.1, 0.15) is 11.3 Å². The highest BCUT2D eigenvalue weighted by Crippen LogP contribution is 2.11. The fraction of sp³-hybridized carbons (Fsp3) is 0.550. The third kappa shape index (κ3) is 7.46. The summed E-state index contributed by atoms with van der Waals surface area (Å²) >= 11 is 1.79. The van der Waals surface area contributed by atoms with Gasteiger partial charge in [-0.15, -0.1) is 11.3 Å². The molecule has 0 saturated carbocycles. The Labute approximate surface area is 165 Å². The zero-order valence-electron chi connectivity index (χ0n) is 15.9. The van der Waals surface area contributed by atoms with Crippen LogP contribution in [0.3, 0.4) is 0 Å². The van der Waals surface area contributed by atoms with Crippen LogP contribution in [-0.2, 0) is 22.6 Å².